The van der Waals surface area contributed by atoms with Gasteiger partial charge in [0.1, 0.15) is 0 Å². The fourth-order valence-corrected chi connectivity index (χ4v) is 4.92. The first kappa shape index (κ1) is 29.7. The van der Waals surface area contributed by atoms with Gasteiger partial charge in [-0.3, -0.25) is 4.90 Å². The first-order valence-electron chi connectivity index (χ1n) is 12.3. The highest BCUT2D eigenvalue weighted by Crippen LogP contribution is 2.54. The Hall–Kier alpha value is -2.53. The molecule has 0 spiro atoms. The van der Waals surface area contributed by atoms with Crippen LogP contribution in [0.25, 0.3) is 0 Å². The van der Waals surface area contributed by atoms with Crippen LogP contribution in [0.1, 0.15) is 62.1 Å². The van der Waals surface area contributed by atoms with E-state index in [4.69, 9.17) is 5.26 Å². The van der Waals surface area contributed by atoms with E-state index in [-0.39, 0.29) is 0 Å². The van der Waals surface area contributed by atoms with Gasteiger partial charge in [-0.1, -0.05) is 61.5 Å². The summed E-state index contributed by atoms with van der Waals surface area (Å²) in [6, 6.07) is 19.1. The van der Waals surface area contributed by atoms with Crippen LogP contribution in [0.4, 0.5) is 26.3 Å². The Bertz CT molecular complexity index is 910. The zero-order valence-electron chi connectivity index (χ0n) is 20.7. The Morgan fingerprint density at radius 2 is 1.36 bits per heavy atom. The predicted octanol–water partition coefficient (Wildman–Crippen LogP) is 8.30. The van der Waals surface area contributed by atoms with Crippen molar-refractivity contribution in [3.63, 3.8) is 0 Å². The third-order valence-corrected chi connectivity index (χ3v) is 6.58. The van der Waals surface area contributed by atoms with Crippen molar-refractivity contribution < 1.29 is 26.3 Å². The van der Waals surface area contributed by atoms with Crippen molar-refractivity contribution in [2.75, 3.05) is 13.1 Å². The van der Waals surface area contributed by atoms with Crippen molar-refractivity contribution in [2.45, 2.75) is 70.8 Å². The monoisotopic (exact) mass is 512 g/mol. The van der Waals surface area contributed by atoms with E-state index in [2.05, 4.69) is 24.0 Å². The highest BCUT2D eigenvalue weighted by Gasteiger charge is 2.59. The number of aryl methyl sites for hydroxylation is 1. The summed E-state index contributed by atoms with van der Waals surface area (Å²) in [6.45, 7) is 6.38. The van der Waals surface area contributed by atoms with Gasteiger partial charge in [-0.25, -0.2) is 0 Å². The van der Waals surface area contributed by atoms with Gasteiger partial charge < -0.3 is 0 Å². The van der Waals surface area contributed by atoms with E-state index >= 15 is 0 Å². The summed E-state index contributed by atoms with van der Waals surface area (Å²) < 4.78 is 79.1. The van der Waals surface area contributed by atoms with Crippen molar-refractivity contribution in [2.24, 2.45) is 11.8 Å². The molecular formula is C28H34F6N2. The van der Waals surface area contributed by atoms with E-state index in [0.29, 0.717) is 5.56 Å². The SMILES string of the molecule is CC#N.CCCN(CCCc1ccc(C2CC(C(F)(F)F)C(C(F)(F)F)C2)cc1)Cc1ccccc1. The zero-order valence-corrected chi connectivity index (χ0v) is 20.7. The lowest BCUT2D eigenvalue weighted by atomic mass is 9.94. The lowest BCUT2D eigenvalue weighted by Crippen LogP contribution is -2.35. The number of halogens is 6. The minimum atomic E-state index is -4.83. The van der Waals surface area contributed by atoms with E-state index in [1.165, 1.54) is 12.5 Å². The summed E-state index contributed by atoms with van der Waals surface area (Å²) in [5.74, 6) is -5.36. The Labute approximate surface area is 209 Å². The quantitative estimate of drug-likeness (QED) is 0.316. The zero-order chi connectivity index (χ0) is 26.8. The van der Waals surface area contributed by atoms with Crippen molar-refractivity contribution in [3.8, 4) is 6.07 Å². The van der Waals surface area contributed by atoms with Gasteiger partial charge in [0, 0.05) is 13.5 Å². The maximum atomic E-state index is 13.2. The Balaban J connectivity index is 0.00000145. The number of nitrogens with zero attached hydrogens (tertiary/aromatic N) is 2. The molecule has 2 unspecified atom stereocenters. The molecular weight excluding hydrogens is 478 g/mol. The normalized spacial score (nSPS) is 20.1. The van der Waals surface area contributed by atoms with Gasteiger partial charge >= 0.3 is 12.4 Å². The first-order valence-corrected chi connectivity index (χ1v) is 12.3. The van der Waals surface area contributed by atoms with E-state index in [9.17, 15) is 26.3 Å². The van der Waals surface area contributed by atoms with Crippen LogP contribution in [-0.4, -0.2) is 30.3 Å². The van der Waals surface area contributed by atoms with Crippen LogP contribution in [0.3, 0.4) is 0 Å². The van der Waals surface area contributed by atoms with Gasteiger partial charge in [-0.15, -0.1) is 0 Å². The molecule has 2 nitrogen and oxygen atoms in total. The Morgan fingerprint density at radius 3 is 1.83 bits per heavy atom. The number of nitriles is 1. The number of benzene rings is 2. The fourth-order valence-electron chi connectivity index (χ4n) is 4.92. The molecule has 0 N–H and O–H groups in total. The van der Waals surface area contributed by atoms with Gasteiger partial charge in [-0.05, 0) is 67.8 Å². The third-order valence-electron chi connectivity index (χ3n) is 6.58. The minimum Gasteiger partial charge on any atom is -0.299 e. The van der Waals surface area contributed by atoms with Crippen LogP contribution in [0.15, 0.2) is 54.6 Å². The van der Waals surface area contributed by atoms with Gasteiger partial charge in [0.05, 0.1) is 17.9 Å². The Kier molecular flexibility index (Phi) is 11.3. The molecule has 1 fully saturated rings. The standard InChI is InChI=1S/C26H31F6N.C2H3N/c1-2-14-33(18-20-7-4-3-5-8-20)15-6-9-19-10-12-21(13-11-19)22-16-23(25(27,28)29)24(17-22)26(30,31)32;1-2-3/h3-5,7-8,10-13,22-24H,2,6,9,14-18H2,1H3;1H3. The first-order chi connectivity index (χ1) is 17.0. The summed E-state index contributed by atoms with van der Waals surface area (Å²) in [7, 11) is 0. The Morgan fingerprint density at radius 1 is 0.833 bits per heavy atom. The molecule has 1 aliphatic rings. The molecule has 198 valence electrons. The van der Waals surface area contributed by atoms with Crippen LogP contribution in [0.2, 0.25) is 0 Å². The molecule has 3 rings (SSSR count). The van der Waals surface area contributed by atoms with E-state index in [1.54, 1.807) is 18.2 Å². The molecule has 0 bridgehead atoms. The highest BCUT2D eigenvalue weighted by atomic mass is 19.4. The molecule has 0 heterocycles. The molecule has 2 aromatic carbocycles. The third kappa shape index (κ3) is 9.16. The molecule has 0 aliphatic heterocycles. The fraction of sp³-hybridized carbons (Fsp3) is 0.536. The summed E-state index contributed by atoms with van der Waals surface area (Å²) >= 11 is 0. The molecule has 0 saturated heterocycles. The topological polar surface area (TPSA) is 27.0 Å². The molecule has 2 aromatic rings. The maximum absolute atomic E-state index is 13.2. The van der Waals surface area contributed by atoms with E-state index in [1.807, 2.05) is 30.3 Å². The molecule has 8 heteroatoms. The largest absolute Gasteiger partial charge is 0.392 e. The summed E-state index contributed by atoms with van der Waals surface area (Å²) in [5, 5.41) is 7.32. The van der Waals surface area contributed by atoms with Crippen molar-refractivity contribution in [1.29, 1.82) is 5.26 Å². The number of hydrogen-bond donors (Lipinski definition) is 0. The number of alkyl halides is 6. The second kappa shape index (κ2) is 13.7. The number of hydrogen-bond acceptors (Lipinski definition) is 2. The van der Waals surface area contributed by atoms with E-state index in [0.717, 1.165) is 44.5 Å². The van der Waals surface area contributed by atoms with Crippen molar-refractivity contribution >= 4 is 0 Å². The molecule has 1 aliphatic carbocycles. The average molecular weight is 513 g/mol. The van der Waals surface area contributed by atoms with Crippen LogP contribution in [0.5, 0.6) is 0 Å². The molecule has 36 heavy (non-hydrogen) atoms. The van der Waals surface area contributed by atoms with Crippen LogP contribution >= 0.6 is 0 Å². The van der Waals surface area contributed by atoms with Gasteiger partial charge in [0.2, 0.25) is 0 Å². The summed E-state index contributed by atoms with van der Waals surface area (Å²) in [4.78, 5) is 2.40. The minimum absolute atomic E-state index is 0.502. The summed E-state index contributed by atoms with van der Waals surface area (Å²) in [6.07, 6.45) is -7.87. The second-order valence-electron chi connectivity index (χ2n) is 9.30. The maximum Gasteiger partial charge on any atom is 0.392 e. The van der Waals surface area contributed by atoms with Crippen LogP contribution in [0, 0.1) is 23.2 Å². The molecule has 0 aromatic heterocycles. The van der Waals surface area contributed by atoms with Gasteiger partial charge in [-0.2, -0.15) is 31.6 Å². The van der Waals surface area contributed by atoms with Crippen molar-refractivity contribution in [3.05, 3.63) is 71.3 Å². The summed E-state index contributed by atoms with van der Waals surface area (Å²) in [5.41, 5.74) is 2.88. The van der Waals surface area contributed by atoms with Gasteiger partial charge in [0.25, 0.3) is 0 Å². The molecule has 0 radical (unpaired) electrons. The molecule has 2 atom stereocenters. The lowest BCUT2D eigenvalue weighted by Gasteiger charge is -2.24. The van der Waals surface area contributed by atoms with Crippen LogP contribution < -0.4 is 0 Å². The second-order valence-corrected chi connectivity index (χ2v) is 9.30. The van der Waals surface area contributed by atoms with Crippen LogP contribution in [-0.2, 0) is 13.0 Å². The number of rotatable bonds is 9. The highest BCUT2D eigenvalue weighted by molar-refractivity contribution is 5.27. The van der Waals surface area contributed by atoms with E-state index < -0.39 is 42.9 Å². The molecule has 0 amide bonds. The van der Waals surface area contributed by atoms with Crippen molar-refractivity contribution in [1.82, 2.24) is 4.90 Å². The lowest BCUT2D eigenvalue weighted by molar-refractivity contribution is -0.245. The van der Waals surface area contributed by atoms with Gasteiger partial charge in [0.15, 0.2) is 0 Å². The molecule has 1 saturated carbocycles. The average Bonchev–Trinajstić information content (AvgIpc) is 3.28. The smallest absolute Gasteiger partial charge is 0.299 e. The predicted molar refractivity (Wildman–Crippen MR) is 129 cm³/mol.